The minimum atomic E-state index is -2.66. The molecular weight excluding hydrogens is 476 g/mol. The molecule has 0 spiro atoms. The Bertz CT molecular complexity index is 1080. The highest BCUT2D eigenvalue weighted by atomic mass is 28.4. The van der Waals surface area contributed by atoms with Crippen molar-refractivity contribution in [2.75, 3.05) is 13.2 Å². The number of hydrogen-bond acceptors (Lipinski definition) is 4. The van der Waals surface area contributed by atoms with Crippen LogP contribution in [-0.4, -0.2) is 44.4 Å². The van der Waals surface area contributed by atoms with Crippen LogP contribution >= 0.6 is 0 Å². The van der Waals surface area contributed by atoms with Gasteiger partial charge < -0.3 is 19.0 Å². The van der Waals surface area contributed by atoms with Crippen LogP contribution in [0.25, 0.3) is 0 Å². The topological polar surface area (TPSA) is 47.9 Å². The van der Waals surface area contributed by atoms with Crippen molar-refractivity contribution < 1.29 is 19.0 Å². The van der Waals surface area contributed by atoms with E-state index >= 15 is 0 Å². The molecule has 37 heavy (non-hydrogen) atoms. The van der Waals surface area contributed by atoms with E-state index in [1.165, 1.54) is 10.4 Å². The predicted octanol–water partition coefficient (Wildman–Crippen LogP) is 5.24. The van der Waals surface area contributed by atoms with Crippen molar-refractivity contribution in [1.82, 2.24) is 0 Å². The number of hydrogen-bond donors (Lipinski definition) is 1. The molecule has 1 heterocycles. The van der Waals surface area contributed by atoms with Gasteiger partial charge in [0.2, 0.25) is 0 Å². The molecule has 0 saturated carbocycles. The van der Waals surface area contributed by atoms with Crippen LogP contribution in [0.5, 0.6) is 0 Å². The van der Waals surface area contributed by atoms with Crippen LogP contribution in [0.15, 0.2) is 103 Å². The predicted molar refractivity (Wildman–Crippen MR) is 153 cm³/mol. The Morgan fingerprint density at radius 1 is 0.865 bits per heavy atom. The SMILES string of the molecule is CC(C)(C)[Si](OC[C@@H]1C=C[C@@](C)(O)[C@H](CCOCc2ccccc2)O1)(c1ccccc1)c1ccccc1. The highest BCUT2D eigenvalue weighted by Crippen LogP contribution is 2.37. The van der Waals surface area contributed by atoms with Crippen LogP contribution in [0.4, 0.5) is 0 Å². The van der Waals surface area contributed by atoms with Crippen molar-refractivity contribution in [2.45, 2.75) is 63.6 Å². The Kier molecular flexibility index (Phi) is 8.83. The van der Waals surface area contributed by atoms with Crippen LogP contribution in [0.2, 0.25) is 5.04 Å². The Hall–Kier alpha value is -2.54. The van der Waals surface area contributed by atoms with Crippen LogP contribution in [0.1, 0.15) is 39.7 Å². The molecule has 3 atom stereocenters. The molecule has 0 aliphatic carbocycles. The van der Waals surface area contributed by atoms with E-state index in [9.17, 15) is 5.11 Å². The average molecular weight is 517 g/mol. The van der Waals surface area contributed by atoms with E-state index in [1.807, 2.05) is 42.5 Å². The molecular formula is C32H40O4Si. The molecule has 0 unspecified atom stereocenters. The molecule has 3 aromatic rings. The van der Waals surface area contributed by atoms with Crippen LogP contribution in [0.3, 0.4) is 0 Å². The fraction of sp³-hybridized carbons (Fsp3) is 0.375. The molecule has 0 radical (unpaired) electrons. The van der Waals surface area contributed by atoms with Gasteiger partial charge >= 0.3 is 0 Å². The molecule has 1 N–H and O–H groups in total. The maximum absolute atomic E-state index is 11.0. The molecule has 0 fully saturated rings. The van der Waals surface area contributed by atoms with Crippen molar-refractivity contribution in [2.24, 2.45) is 0 Å². The number of ether oxygens (including phenoxy) is 2. The molecule has 1 aliphatic heterocycles. The third kappa shape index (κ3) is 6.48. The van der Waals surface area contributed by atoms with E-state index in [-0.39, 0.29) is 17.2 Å². The lowest BCUT2D eigenvalue weighted by molar-refractivity contribution is -0.122. The van der Waals surface area contributed by atoms with Crippen LogP contribution in [0, 0.1) is 0 Å². The number of aliphatic hydroxyl groups is 1. The largest absolute Gasteiger partial charge is 0.404 e. The third-order valence-corrected chi connectivity index (χ3v) is 12.2. The first-order valence-electron chi connectivity index (χ1n) is 13.2. The maximum Gasteiger partial charge on any atom is 0.261 e. The van der Waals surface area contributed by atoms with Gasteiger partial charge in [-0.15, -0.1) is 0 Å². The highest BCUT2D eigenvalue weighted by Gasteiger charge is 2.50. The summed E-state index contributed by atoms with van der Waals surface area (Å²) in [6.45, 7) is 10.1. The van der Waals surface area contributed by atoms with E-state index in [2.05, 4.69) is 81.4 Å². The van der Waals surface area contributed by atoms with E-state index in [4.69, 9.17) is 13.9 Å². The van der Waals surface area contributed by atoms with Gasteiger partial charge in [0, 0.05) is 13.0 Å². The zero-order valence-corrected chi connectivity index (χ0v) is 23.5. The van der Waals surface area contributed by atoms with E-state index in [1.54, 1.807) is 6.92 Å². The minimum Gasteiger partial charge on any atom is -0.404 e. The summed E-state index contributed by atoms with van der Waals surface area (Å²) in [5.41, 5.74) is 0.0830. The summed E-state index contributed by atoms with van der Waals surface area (Å²) in [7, 11) is -2.66. The first kappa shape index (κ1) is 27.5. The van der Waals surface area contributed by atoms with Crippen LogP contribution < -0.4 is 10.4 Å². The average Bonchev–Trinajstić information content (AvgIpc) is 2.89. The summed E-state index contributed by atoms with van der Waals surface area (Å²) in [4.78, 5) is 0. The smallest absolute Gasteiger partial charge is 0.261 e. The molecule has 0 bridgehead atoms. The monoisotopic (exact) mass is 516 g/mol. The Morgan fingerprint density at radius 2 is 1.41 bits per heavy atom. The third-order valence-electron chi connectivity index (χ3n) is 7.16. The summed E-state index contributed by atoms with van der Waals surface area (Å²) in [6, 6.07) is 31.4. The van der Waals surface area contributed by atoms with Gasteiger partial charge in [0.05, 0.1) is 25.4 Å². The highest BCUT2D eigenvalue weighted by molar-refractivity contribution is 6.99. The normalized spacial score (nSPS) is 22.2. The lowest BCUT2D eigenvalue weighted by atomic mass is 9.93. The second-order valence-corrected chi connectivity index (χ2v) is 15.4. The second-order valence-electron chi connectivity index (χ2n) is 11.0. The molecule has 4 nitrogen and oxygen atoms in total. The Morgan fingerprint density at radius 3 is 1.95 bits per heavy atom. The number of rotatable bonds is 10. The van der Waals surface area contributed by atoms with Gasteiger partial charge in [-0.3, -0.25) is 0 Å². The summed E-state index contributed by atoms with van der Waals surface area (Å²) >= 11 is 0. The van der Waals surface area contributed by atoms with Gasteiger partial charge in [0.1, 0.15) is 5.60 Å². The van der Waals surface area contributed by atoms with Gasteiger partial charge in [-0.05, 0) is 27.9 Å². The molecule has 196 valence electrons. The summed E-state index contributed by atoms with van der Waals surface area (Å²) < 4.78 is 19.4. The van der Waals surface area contributed by atoms with E-state index in [0.717, 1.165) is 5.56 Å². The molecule has 0 saturated heterocycles. The fourth-order valence-electron chi connectivity index (χ4n) is 5.18. The van der Waals surface area contributed by atoms with Crippen LogP contribution in [-0.2, 0) is 20.5 Å². The first-order valence-corrected chi connectivity index (χ1v) is 15.1. The quantitative estimate of drug-likeness (QED) is 0.227. The Balaban J connectivity index is 1.48. The van der Waals surface area contributed by atoms with Gasteiger partial charge in [0.15, 0.2) is 0 Å². The Labute approximate surface area is 223 Å². The minimum absolute atomic E-state index is 0.107. The zero-order chi connectivity index (χ0) is 26.4. The van der Waals surface area contributed by atoms with Crippen molar-refractivity contribution in [3.63, 3.8) is 0 Å². The second kappa shape index (κ2) is 11.9. The fourth-order valence-corrected chi connectivity index (χ4v) is 9.75. The summed E-state index contributed by atoms with van der Waals surface area (Å²) in [5, 5.41) is 13.4. The standard InChI is InChI=1S/C32H40O4Si/c1-31(2,3)37(28-16-10-6-11-17-28,29-18-12-7-13-19-29)35-25-27-20-22-32(4,33)30(36-27)21-23-34-24-26-14-8-5-9-15-26/h5-20,22,27,30,33H,21,23-25H2,1-4H3/t27-,30-,32+/m0/s1. The first-order chi connectivity index (χ1) is 17.7. The summed E-state index contributed by atoms with van der Waals surface area (Å²) in [5.74, 6) is 0. The summed E-state index contributed by atoms with van der Waals surface area (Å²) in [6.07, 6.45) is 3.78. The van der Waals surface area contributed by atoms with Gasteiger partial charge in [-0.25, -0.2) is 0 Å². The van der Waals surface area contributed by atoms with Crippen molar-refractivity contribution >= 4 is 18.7 Å². The van der Waals surface area contributed by atoms with E-state index in [0.29, 0.717) is 26.2 Å². The molecule has 1 aliphatic rings. The van der Waals surface area contributed by atoms with Gasteiger partial charge in [0.25, 0.3) is 8.32 Å². The molecule has 3 aromatic carbocycles. The molecule has 0 aromatic heterocycles. The van der Waals surface area contributed by atoms with E-state index < -0.39 is 13.9 Å². The molecule has 0 amide bonds. The zero-order valence-electron chi connectivity index (χ0n) is 22.5. The molecule has 5 heteroatoms. The lowest BCUT2D eigenvalue weighted by Gasteiger charge is -2.44. The molecule has 4 rings (SSSR count). The van der Waals surface area contributed by atoms with Gasteiger partial charge in [-0.1, -0.05) is 124 Å². The number of benzene rings is 3. The van der Waals surface area contributed by atoms with Gasteiger partial charge in [-0.2, -0.15) is 0 Å². The van der Waals surface area contributed by atoms with Crippen molar-refractivity contribution in [3.05, 3.63) is 109 Å². The maximum atomic E-state index is 11.0. The lowest BCUT2D eigenvalue weighted by Crippen LogP contribution is -2.67. The van der Waals surface area contributed by atoms with Crippen molar-refractivity contribution in [3.8, 4) is 0 Å². The van der Waals surface area contributed by atoms with Crippen molar-refractivity contribution in [1.29, 1.82) is 0 Å².